The molecule has 1 fully saturated rings. The monoisotopic (exact) mass is 329 g/mol. The Morgan fingerprint density at radius 2 is 2.13 bits per heavy atom. The predicted molar refractivity (Wildman–Crippen MR) is 71.4 cm³/mol. The quantitative estimate of drug-likeness (QED) is 0.921. The van der Waals surface area contributed by atoms with Crippen LogP contribution in [0.1, 0.15) is 29.9 Å². The van der Waals surface area contributed by atoms with Crippen molar-refractivity contribution >= 4 is 5.82 Å². The fourth-order valence-electron chi connectivity index (χ4n) is 2.36. The highest BCUT2D eigenvalue weighted by molar-refractivity contribution is 5.33. The molecule has 3 heterocycles. The number of alkyl halides is 3. The molecule has 0 spiro atoms. The second kappa shape index (κ2) is 6.11. The van der Waals surface area contributed by atoms with Crippen LogP contribution >= 0.6 is 0 Å². The Balaban J connectivity index is 1.61. The normalized spacial score (nSPS) is 21.6. The number of aryl methyl sites for hydroxylation is 1. The summed E-state index contributed by atoms with van der Waals surface area (Å²) in [5.74, 6) is 1.26. The van der Waals surface area contributed by atoms with Crippen molar-refractivity contribution in [2.75, 3.05) is 18.5 Å². The lowest BCUT2D eigenvalue weighted by Crippen LogP contribution is -2.19. The van der Waals surface area contributed by atoms with Gasteiger partial charge < -0.3 is 14.6 Å². The summed E-state index contributed by atoms with van der Waals surface area (Å²) < 4.78 is 48.0. The molecule has 0 aliphatic carbocycles. The van der Waals surface area contributed by atoms with Gasteiger partial charge in [-0.05, 0) is 25.5 Å². The summed E-state index contributed by atoms with van der Waals surface area (Å²) in [5, 5.41) is 13.4. The maximum absolute atomic E-state index is 12.4. The molecule has 124 valence electrons. The largest absolute Gasteiger partial charge is 0.435 e. The summed E-state index contributed by atoms with van der Waals surface area (Å²) in [6.45, 7) is 2.72. The van der Waals surface area contributed by atoms with Crippen LogP contribution in [-0.2, 0) is 10.9 Å². The van der Waals surface area contributed by atoms with Gasteiger partial charge in [-0.3, -0.25) is 0 Å². The van der Waals surface area contributed by atoms with Gasteiger partial charge in [-0.1, -0.05) is 5.16 Å². The standard InChI is InChI=1S/C13H14F3N5O2/c1-7-18-12(23-21-7)11-8(4-5-22-11)6-17-10-3-2-9(19-20-10)13(14,15)16/h2-3,8,11H,4-6H2,1H3,(H,17,20)/t8-,11-/m0/s1. The van der Waals surface area contributed by atoms with E-state index in [4.69, 9.17) is 9.26 Å². The molecule has 1 saturated heterocycles. The minimum absolute atomic E-state index is 0.0546. The van der Waals surface area contributed by atoms with Crippen molar-refractivity contribution in [1.82, 2.24) is 20.3 Å². The number of hydrogen-bond donors (Lipinski definition) is 1. The van der Waals surface area contributed by atoms with Gasteiger partial charge in [-0.15, -0.1) is 10.2 Å². The fraction of sp³-hybridized carbons (Fsp3) is 0.538. The highest BCUT2D eigenvalue weighted by atomic mass is 19.4. The van der Waals surface area contributed by atoms with E-state index in [1.165, 1.54) is 6.07 Å². The van der Waals surface area contributed by atoms with Gasteiger partial charge in [0.2, 0.25) is 0 Å². The summed E-state index contributed by atoms with van der Waals surface area (Å²) >= 11 is 0. The van der Waals surface area contributed by atoms with Crippen molar-refractivity contribution in [2.45, 2.75) is 25.6 Å². The van der Waals surface area contributed by atoms with Gasteiger partial charge in [0.25, 0.3) is 5.89 Å². The molecule has 0 radical (unpaired) electrons. The first-order chi connectivity index (χ1) is 10.9. The van der Waals surface area contributed by atoms with Crippen molar-refractivity contribution in [3.63, 3.8) is 0 Å². The second-order valence-corrected chi connectivity index (χ2v) is 5.20. The molecule has 0 bridgehead atoms. The van der Waals surface area contributed by atoms with E-state index in [-0.39, 0.29) is 17.8 Å². The molecule has 0 unspecified atom stereocenters. The molecule has 7 nitrogen and oxygen atoms in total. The van der Waals surface area contributed by atoms with Crippen LogP contribution in [0.15, 0.2) is 16.7 Å². The van der Waals surface area contributed by atoms with Crippen molar-refractivity contribution in [3.8, 4) is 0 Å². The Morgan fingerprint density at radius 1 is 1.30 bits per heavy atom. The zero-order chi connectivity index (χ0) is 16.4. The van der Waals surface area contributed by atoms with E-state index in [2.05, 4.69) is 25.7 Å². The Morgan fingerprint density at radius 3 is 2.74 bits per heavy atom. The highest BCUT2D eigenvalue weighted by Crippen LogP contribution is 2.33. The molecule has 0 amide bonds. The lowest BCUT2D eigenvalue weighted by molar-refractivity contribution is -0.141. The Bertz CT molecular complexity index is 658. The number of nitrogens with one attached hydrogen (secondary N) is 1. The Kier molecular flexibility index (Phi) is 4.16. The van der Waals surface area contributed by atoms with E-state index in [1.807, 2.05) is 0 Å². The molecule has 2 aromatic rings. The van der Waals surface area contributed by atoms with Gasteiger partial charge in [0, 0.05) is 19.1 Å². The first-order valence-electron chi connectivity index (χ1n) is 7.00. The predicted octanol–water partition coefficient (Wildman–Crippen LogP) is 2.38. The molecule has 3 rings (SSSR count). The molecule has 10 heteroatoms. The third-order valence-corrected chi connectivity index (χ3v) is 3.50. The number of halogens is 3. The van der Waals surface area contributed by atoms with Crippen molar-refractivity contribution in [1.29, 1.82) is 0 Å². The molecule has 23 heavy (non-hydrogen) atoms. The molecule has 2 atom stereocenters. The summed E-state index contributed by atoms with van der Waals surface area (Å²) in [7, 11) is 0. The average Bonchev–Trinajstić information content (AvgIpc) is 3.13. The SMILES string of the molecule is Cc1noc([C@H]2OCC[C@H]2CNc2ccc(C(F)(F)F)nn2)n1. The molecule has 1 aliphatic heterocycles. The lowest BCUT2D eigenvalue weighted by atomic mass is 10.0. The number of anilines is 1. The summed E-state index contributed by atoms with van der Waals surface area (Å²) in [6.07, 6.45) is -4.05. The van der Waals surface area contributed by atoms with Crippen LogP contribution in [0, 0.1) is 12.8 Å². The maximum atomic E-state index is 12.4. The summed E-state index contributed by atoms with van der Waals surface area (Å²) in [5.41, 5.74) is -1.02. The minimum atomic E-state index is -4.49. The van der Waals surface area contributed by atoms with Crippen LogP contribution in [0.5, 0.6) is 0 Å². The van der Waals surface area contributed by atoms with E-state index < -0.39 is 11.9 Å². The van der Waals surface area contributed by atoms with Crippen LogP contribution in [-0.4, -0.2) is 33.5 Å². The van der Waals surface area contributed by atoms with Crippen LogP contribution in [0.3, 0.4) is 0 Å². The van der Waals surface area contributed by atoms with Crippen LogP contribution in [0.4, 0.5) is 19.0 Å². The molecular weight excluding hydrogens is 315 g/mol. The third kappa shape index (κ3) is 3.58. The van der Waals surface area contributed by atoms with E-state index in [0.717, 1.165) is 12.5 Å². The van der Waals surface area contributed by atoms with E-state index >= 15 is 0 Å². The highest BCUT2D eigenvalue weighted by Gasteiger charge is 2.34. The molecule has 2 aromatic heterocycles. The van der Waals surface area contributed by atoms with Gasteiger partial charge in [0.15, 0.2) is 11.5 Å². The van der Waals surface area contributed by atoms with Gasteiger partial charge in [0.05, 0.1) is 0 Å². The van der Waals surface area contributed by atoms with Crippen molar-refractivity contribution in [2.24, 2.45) is 5.92 Å². The maximum Gasteiger partial charge on any atom is 0.435 e. The molecule has 0 saturated carbocycles. The number of rotatable bonds is 4. The van der Waals surface area contributed by atoms with Gasteiger partial charge in [-0.25, -0.2) is 0 Å². The zero-order valence-corrected chi connectivity index (χ0v) is 12.2. The second-order valence-electron chi connectivity index (χ2n) is 5.20. The Labute approximate surface area is 129 Å². The third-order valence-electron chi connectivity index (χ3n) is 3.50. The van der Waals surface area contributed by atoms with Crippen molar-refractivity contribution in [3.05, 3.63) is 29.5 Å². The van der Waals surface area contributed by atoms with Crippen molar-refractivity contribution < 1.29 is 22.4 Å². The number of aromatic nitrogens is 4. The van der Waals surface area contributed by atoms with Crippen LogP contribution in [0.25, 0.3) is 0 Å². The smallest absolute Gasteiger partial charge is 0.368 e. The van der Waals surface area contributed by atoms with Crippen LogP contribution < -0.4 is 5.32 Å². The van der Waals surface area contributed by atoms with Gasteiger partial charge in [0.1, 0.15) is 11.9 Å². The van der Waals surface area contributed by atoms with Gasteiger partial charge in [-0.2, -0.15) is 18.2 Å². The fourth-order valence-corrected chi connectivity index (χ4v) is 2.36. The van der Waals surface area contributed by atoms with E-state index in [9.17, 15) is 13.2 Å². The topological polar surface area (TPSA) is 86.0 Å². The average molecular weight is 329 g/mol. The van der Waals surface area contributed by atoms with E-state index in [1.54, 1.807) is 6.92 Å². The van der Waals surface area contributed by atoms with E-state index in [0.29, 0.717) is 24.9 Å². The lowest BCUT2D eigenvalue weighted by Gasteiger charge is -2.15. The van der Waals surface area contributed by atoms with Crippen LogP contribution in [0.2, 0.25) is 0 Å². The Hall–Kier alpha value is -2.23. The molecule has 1 aliphatic rings. The number of nitrogens with zero attached hydrogens (tertiary/aromatic N) is 4. The molecule has 0 aromatic carbocycles. The first-order valence-corrected chi connectivity index (χ1v) is 7.00. The summed E-state index contributed by atoms with van der Waals surface area (Å²) in [4.78, 5) is 4.15. The zero-order valence-electron chi connectivity index (χ0n) is 12.2. The first kappa shape index (κ1) is 15.7. The number of ether oxygens (including phenoxy) is 1. The minimum Gasteiger partial charge on any atom is -0.368 e. The van der Waals surface area contributed by atoms with Gasteiger partial charge >= 0.3 is 6.18 Å². The number of hydrogen-bond acceptors (Lipinski definition) is 7. The molecule has 1 N–H and O–H groups in total. The molecular formula is C13H14F3N5O2. The summed E-state index contributed by atoms with van der Waals surface area (Å²) in [6, 6.07) is 2.14.